The van der Waals surface area contributed by atoms with E-state index in [1.807, 2.05) is 37.3 Å². The average molecular weight is 270 g/mol. The molecule has 2 aromatic rings. The van der Waals surface area contributed by atoms with Crippen LogP contribution >= 0.6 is 0 Å². The van der Waals surface area contributed by atoms with Gasteiger partial charge in [-0.3, -0.25) is 0 Å². The quantitative estimate of drug-likeness (QED) is 0.869. The molecule has 0 heterocycles. The first-order valence-corrected chi connectivity index (χ1v) is 6.51. The first-order chi connectivity index (χ1) is 9.50. The molecule has 0 aromatic heterocycles. The lowest BCUT2D eigenvalue weighted by Crippen LogP contribution is -2.33. The van der Waals surface area contributed by atoms with Crippen LogP contribution in [0.4, 0.5) is 0 Å². The Morgan fingerprint density at radius 1 is 1.10 bits per heavy atom. The van der Waals surface area contributed by atoms with Crippen molar-refractivity contribution in [3.05, 3.63) is 71.3 Å². The van der Waals surface area contributed by atoms with Gasteiger partial charge in [-0.1, -0.05) is 60.2 Å². The second kappa shape index (κ2) is 5.88. The fraction of sp³-hybridized carbons (Fsp3) is 0.235. The van der Waals surface area contributed by atoms with Gasteiger partial charge in [-0.25, -0.2) is 4.79 Å². The Labute approximate surface area is 118 Å². The Morgan fingerprint density at radius 3 is 2.30 bits per heavy atom. The Hall–Kier alpha value is -2.13. The SMILES string of the molecule is Cc1ccc(COC(=O)C(C)(O)c2ccccc2)cc1. The number of carbonyl (C=O) groups excluding carboxylic acids is 1. The molecular weight excluding hydrogens is 252 g/mol. The fourth-order valence-electron chi connectivity index (χ4n) is 1.85. The minimum Gasteiger partial charge on any atom is -0.458 e. The molecule has 0 aliphatic carbocycles. The maximum absolute atomic E-state index is 12.0. The van der Waals surface area contributed by atoms with Crippen LogP contribution in [0.5, 0.6) is 0 Å². The van der Waals surface area contributed by atoms with Crippen molar-refractivity contribution in [1.29, 1.82) is 0 Å². The van der Waals surface area contributed by atoms with Gasteiger partial charge < -0.3 is 9.84 Å². The summed E-state index contributed by atoms with van der Waals surface area (Å²) >= 11 is 0. The lowest BCUT2D eigenvalue weighted by molar-refractivity contribution is -0.166. The Balaban J connectivity index is 2.03. The highest BCUT2D eigenvalue weighted by atomic mass is 16.5. The predicted octanol–water partition coefficient (Wildman–Crippen LogP) is 2.95. The van der Waals surface area contributed by atoms with Crippen LogP contribution in [-0.4, -0.2) is 11.1 Å². The maximum atomic E-state index is 12.0. The third-order valence-electron chi connectivity index (χ3n) is 3.22. The van der Waals surface area contributed by atoms with Crippen molar-refractivity contribution in [2.75, 3.05) is 0 Å². The summed E-state index contributed by atoms with van der Waals surface area (Å²) in [7, 11) is 0. The molecule has 0 saturated carbocycles. The van der Waals surface area contributed by atoms with Gasteiger partial charge in [-0.15, -0.1) is 0 Å². The van der Waals surface area contributed by atoms with Crippen molar-refractivity contribution in [2.45, 2.75) is 26.1 Å². The number of benzene rings is 2. The number of hydrogen-bond donors (Lipinski definition) is 1. The van der Waals surface area contributed by atoms with Crippen LogP contribution in [0, 0.1) is 6.92 Å². The van der Waals surface area contributed by atoms with Gasteiger partial charge >= 0.3 is 5.97 Å². The molecule has 2 rings (SSSR count). The summed E-state index contributed by atoms with van der Waals surface area (Å²) in [4.78, 5) is 12.0. The van der Waals surface area contributed by atoms with Crippen LogP contribution in [0.2, 0.25) is 0 Å². The van der Waals surface area contributed by atoms with Gasteiger partial charge in [0.2, 0.25) is 0 Å². The lowest BCUT2D eigenvalue weighted by Gasteiger charge is -2.21. The highest BCUT2D eigenvalue weighted by Gasteiger charge is 2.33. The maximum Gasteiger partial charge on any atom is 0.342 e. The fourth-order valence-corrected chi connectivity index (χ4v) is 1.85. The number of rotatable bonds is 4. The summed E-state index contributed by atoms with van der Waals surface area (Å²) in [5.41, 5.74) is 0.935. The molecule has 0 fully saturated rings. The van der Waals surface area contributed by atoms with E-state index in [0.717, 1.165) is 11.1 Å². The molecule has 0 aliphatic heterocycles. The van der Waals surface area contributed by atoms with Gasteiger partial charge in [0.15, 0.2) is 5.60 Å². The number of aryl methyl sites for hydroxylation is 1. The highest BCUT2D eigenvalue weighted by molar-refractivity contribution is 5.80. The van der Waals surface area contributed by atoms with Gasteiger partial charge in [-0.05, 0) is 25.0 Å². The van der Waals surface area contributed by atoms with Crippen LogP contribution in [0.15, 0.2) is 54.6 Å². The van der Waals surface area contributed by atoms with E-state index < -0.39 is 11.6 Å². The predicted molar refractivity (Wildman–Crippen MR) is 77.0 cm³/mol. The van der Waals surface area contributed by atoms with E-state index in [4.69, 9.17) is 4.74 Å². The second-order valence-electron chi connectivity index (χ2n) is 5.00. The minimum atomic E-state index is -1.63. The van der Waals surface area contributed by atoms with Crippen LogP contribution in [0.3, 0.4) is 0 Å². The Bertz CT molecular complexity index is 571. The third-order valence-corrected chi connectivity index (χ3v) is 3.22. The van der Waals surface area contributed by atoms with Gasteiger partial charge in [0.25, 0.3) is 0 Å². The summed E-state index contributed by atoms with van der Waals surface area (Å²) in [5.74, 6) is -0.649. The summed E-state index contributed by atoms with van der Waals surface area (Å²) in [6.07, 6.45) is 0. The average Bonchev–Trinajstić information content (AvgIpc) is 2.47. The second-order valence-corrected chi connectivity index (χ2v) is 5.00. The molecule has 104 valence electrons. The van der Waals surface area contributed by atoms with Crippen LogP contribution in [0.1, 0.15) is 23.6 Å². The molecule has 20 heavy (non-hydrogen) atoms. The highest BCUT2D eigenvalue weighted by Crippen LogP contribution is 2.22. The van der Waals surface area contributed by atoms with Crippen molar-refractivity contribution < 1.29 is 14.6 Å². The zero-order valence-corrected chi connectivity index (χ0v) is 11.7. The molecule has 1 atom stereocenters. The van der Waals surface area contributed by atoms with Crippen molar-refractivity contribution in [2.24, 2.45) is 0 Å². The molecule has 0 amide bonds. The van der Waals surface area contributed by atoms with Crippen molar-refractivity contribution >= 4 is 5.97 Å². The molecule has 0 aliphatic rings. The molecule has 0 radical (unpaired) electrons. The van der Waals surface area contributed by atoms with Crippen molar-refractivity contribution in [3.63, 3.8) is 0 Å². The normalized spacial score (nSPS) is 13.6. The zero-order valence-electron chi connectivity index (χ0n) is 11.7. The molecule has 1 N–H and O–H groups in total. The first kappa shape index (κ1) is 14.3. The largest absolute Gasteiger partial charge is 0.458 e. The van der Waals surface area contributed by atoms with Gasteiger partial charge in [0.05, 0.1) is 0 Å². The van der Waals surface area contributed by atoms with Crippen molar-refractivity contribution in [3.8, 4) is 0 Å². The molecular formula is C17H18O3. The molecule has 0 bridgehead atoms. The topological polar surface area (TPSA) is 46.5 Å². The summed E-state index contributed by atoms with van der Waals surface area (Å²) < 4.78 is 5.20. The molecule has 0 saturated heterocycles. The lowest BCUT2D eigenvalue weighted by atomic mass is 9.96. The monoisotopic (exact) mass is 270 g/mol. The third kappa shape index (κ3) is 3.25. The van der Waals surface area contributed by atoms with E-state index in [9.17, 15) is 9.90 Å². The molecule has 3 heteroatoms. The van der Waals surface area contributed by atoms with Gasteiger partial charge in [-0.2, -0.15) is 0 Å². The number of carbonyl (C=O) groups is 1. The molecule has 1 unspecified atom stereocenters. The van der Waals surface area contributed by atoms with Gasteiger partial charge in [0.1, 0.15) is 6.61 Å². The van der Waals surface area contributed by atoms with E-state index in [0.29, 0.717) is 5.56 Å². The minimum absolute atomic E-state index is 0.155. The molecule has 2 aromatic carbocycles. The summed E-state index contributed by atoms with van der Waals surface area (Å²) in [6, 6.07) is 16.5. The molecule has 0 spiro atoms. The van der Waals surface area contributed by atoms with Crippen LogP contribution in [-0.2, 0) is 21.7 Å². The Morgan fingerprint density at radius 2 is 1.70 bits per heavy atom. The Kier molecular flexibility index (Phi) is 4.20. The zero-order chi connectivity index (χ0) is 14.6. The van der Waals surface area contributed by atoms with Gasteiger partial charge in [0, 0.05) is 0 Å². The number of hydrogen-bond acceptors (Lipinski definition) is 3. The van der Waals surface area contributed by atoms with E-state index in [-0.39, 0.29) is 6.61 Å². The molecule has 3 nitrogen and oxygen atoms in total. The van der Waals surface area contributed by atoms with E-state index in [1.165, 1.54) is 6.92 Å². The van der Waals surface area contributed by atoms with E-state index >= 15 is 0 Å². The van der Waals surface area contributed by atoms with Crippen molar-refractivity contribution in [1.82, 2.24) is 0 Å². The van der Waals surface area contributed by atoms with E-state index in [1.54, 1.807) is 24.3 Å². The summed E-state index contributed by atoms with van der Waals surface area (Å²) in [6.45, 7) is 3.60. The number of esters is 1. The number of aliphatic hydroxyl groups is 1. The summed E-state index contributed by atoms with van der Waals surface area (Å²) in [5, 5.41) is 10.3. The smallest absolute Gasteiger partial charge is 0.342 e. The first-order valence-electron chi connectivity index (χ1n) is 6.51. The van der Waals surface area contributed by atoms with Crippen LogP contribution < -0.4 is 0 Å². The number of ether oxygens (including phenoxy) is 1. The van der Waals surface area contributed by atoms with E-state index in [2.05, 4.69) is 0 Å². The standard InChI is InChI=1S/C17H18O3/c1-13-8-10-14(11-9-13)12-20-16(18)17(2,19)15-6-4-3-5-7-15/h3-11,19H,12H2,1-2H3. The van der Waals surface area contributed by atoms with Crippen LogP contribution in [0.25, 0.3) is 0 Å².